The molecule has 0 saturated carbocycles. The summed E-state index contributed by atoms with van der Waals surface area (Å²) in [5, 5.41) is 3.97. The Morgan fingerprint density at radius 3 is 2.48 bits per heavy atom. The van der Waals surface area contributed by atoms with Crippen LogP contribution in [0.3, 0.4) is 0 Å². The minimum Gasteiger partial charge on any atom is -0.489 e. The van der Waals surface area contributed by atoms with Gasteiger partial charge >= 0.3 is 0 Å². The van der Waals surface area contributed by atoms with Crippen molar-refractivity contribution < 1.29 is 4.74 Å². The van der Waals surface area contributed by atoms with Gasteiger partial charge in [0.15, 0.2) is 0 Å². The van der Waals surface area contributed by atoms with E-state index in [0.29, 0.717) is 10.8 Å². The van der Waals surface area contributed by atoms with Crippen LogP contribution in [0.2, 0.25) is 5.02 Å². The molecule has 1 unspecified atom stereocenters. The molecule has 0 aliphatic carbocycles. The second-order valence-electron chi connectivity index (χ2n) is 5.20. The van der Waals surface area contributed by atoms with Crippen molar-refractivity contribution in [2.45, 2.75) is 39.8 Å². The fourth-order valence-electron chi connectivity index (χ4n) is 2.10. The highest BCUT2D eigenvalue weighted by Gasteiger charge is 2.12. The van der Waals surface area contributed by atoms with E-state index in [1.54, 1.807) is 12.4 Å². The molecule has 1 aromatic carbocycles. The van der Waals surface area contributed by atoms with Crippen LogP contribution in [-0.4, -0.2) is 16.1 Å². The molecule has 0 saturated heterocycles. The molecule has 1 aromatic heterocycles. The summed E-state index contributed by atoms with van der Waals surface area (Å²) in [4.78, 5) is 8.63. The van der Waals surface area contributed by atoms with Gasteiger partial charge in [-0.05, 0) is 45.9 Å². The third-order valence-corrected chi connectivity index (χ3v) is 3.30. The lowest BCUT2D eigenvalue weighted by molar-refractivity contribution is 0.242. The van der Waals surface area contributed by atoms with Gasteiger partial charge in [-0.15, -0.1) is 0 Å². The maximum Gasteiger partial charge on any atom is 0.138 e. The van der Waals surface area contributed by atoms with Crippen molar-refractivity contribution in [1.82, 2.24) is 9.97 Å². The Bertz CT molecular complexity index is 616. The van der Waals surface area contributed by atoms with E-state index < -0.39 is 0 Å². The Balaban J connectivity index is 2.13. The standard InChI is InChI=1S/C16H20ClN3O/c1-10(2)21-15-6-5-13(9-14(15)17)20-12(4)16-11(3)18-7-8-19-16/h5-10,12,20H,1-4H3. The van der Waals surface area contributed by atoms with Crippen molar-refractivity contribution in [2.75, 3.05) is 5.32 Å². The van der Waals surface area contributed by atoms with E-state index in [4.69, 9.17) is 16.3 Å². The number of aryl methyl sites for hydroxylation is 1. The van der Waals surface area contributed by atoms with E-state index in [1.165, 1.54) is 0 Å². The van der Waals surface area contributed by atoms with Crippen LogP contribution in [0.15, 0.2) is 30.6 Å². The van der Waals surface area contributed by atoms with Crippen LogP contribution < -0.4 is 10.1 Å². The van der Waals surface area contributed by atoms with Crippen molar-refractivity contribution >= 4 is 17.3 Å². The van der Waals surface area contributed by atoms with Gasteiger partial charge in [0, 0.05) is 18.1 Å². The zero-order chi connectivity index (χ0) is 15.4. The first-order chi connectivity index (χ1) is 9.97. The zero-order valence-electron chi connectivity index (χ0n) is 12.7. The normalized spacial score (nSPS) is 12.3. The second kappa shape index (κ2) is 6.76. The molecule has 4 nitrogen and oxygen atoms in total. The molecular formula is C16H20ClN3O. The topological polar surface area (TPSA) is 47.0 Å². The quantitative estimate of drug-likeness (QED) is 0.889. The predicted octanol–water partition coefficient (Wildman–Crippen LogP) is 4.40. The van der Waals surface area contributed by atoms with Gasteiger partial charge in [0.25, 0.3) is 0 Å². The first-order valence-electron chi connectivity index (χ1n) is 6.97. The first-order valence-corrected chi connectivity index (χ1v) is 7.35. The molecular weight excluding hydrogens is 286 g/mol. The van der Waals surface area contributed by atoms with Crippen molar-refractivity contribution in [3.05, 3.63) is 47.0 Å². The fraction of sp³-hybridized carbons (Fsp3) is 0.375. The molecule has 0 bridgehead atoms. The maximum absolute atomic E-state index is 6.24. The van der Waals surface area contributed by atoms with Crippen LogP contribution in [0.5, 0.6) is 5.75 Å². The summed E-state index contributed by atoms with van der Waals surface area (Å²) in [5.41, 5.74) is 2.77. The molecule has 1 N–H and O–H groups in total. The Kier molecular flexibility index (Phi) is 5.02. The summed E-state index contributed by atoms with van der Waals surface area (Å²) in [6, 6.07) is 5.74. The van der Waals surface area contributed by atoms with E-state index >= 15 is 0 Å². The van der Waals surface area contributed by atoms with Gasteiger partial charge in [-0.25, -0.2) is 0 Å². The van der Waals surface area contributed by atoms with E-state index in [9.17, 15) is 0 Å². The molecule has 0 fully saturated rings. The van der Waals surface area contributed by atoms with Crippen molar-refractivity contribution in [1.29, 1.82) is 0 Å². The lowest BCUT2D eigenvalue weighted by Gasteiger charge is -2.17. The molecule has 0 amide bonds. The molecule has 0 aliphatic heterocycles. The van der Waals surface area contributed by atoms with Crippen molar-refractivity contribution in [3.63, 3.8) is 0 Å². The number of nitrogens with one attached hydrogen (secondary N) is 1. The van der Waals surface area contributed by atoms with Gasteiger partial charge in [-0.1, -0.05) is 11.6 Å². The maximum atomic E-state index is 6.24. The van der Waals surface area contributed by atoms with Crippen LogP contribution >= 0.6 is 11.6 Å². The summed E-state index contributed by atoms with van der Waals surface area (Å²) in [7, 11) is 0. The molecule has 2 aromatic rings. The van der Waals surface area contributed by atoms with Gasteiger partial charge in [0.1, 0.15) is 5.75 Å². The number of hydrogen-bond donors (Lipinski definition) is 1. The highest BCUT2D eigenvalue weighted by atomic mass is 35.5. The van der Waals surface area contributed by atoms with Gasteiger partial charge < -0.3 is 10.1 Å². The first kappa shape index (κ1) is 15.6. The van der Waals surface area contributed by atoms with Gasteiger partial charge in [0.2, 0.25) is 0 Å². The van der Waals surface area contributed by atoms with Gasteiger partial charge in [-0.2, -0.15) is 0 Å². The van der Waals surface area contributed by atoms with Crippen LogP contribution in [0.25, 0.3) is 0 Å². The largest absolute Gasteiger partial charge is 0.489 e. The SMILES string of the molecule is Cc1nccnc1C(C)Nc1ccc(OC(C)C)c(Cl)c1. The number of ether oxygens (including phenoxy) is 1. The molecule has 5 heteroatoms. The van der Waals surface area contributed by atoms with E-state index in [0.717, 1.165) is 17.1 Å². The number of hydrogen-bond acceptors (Lipinski definition) is 4. The molecule has 2 rings (SSSR count). The highest BCUT2D eigenvalue weighted by molar-refractivity contribution is 6.32. The average Bonchev–Trinajstić information content (AvgIpc) is 2.42. The summed E-state index contributed by atoms with van der Waals surface area (Å²) in [6.45, 7) is 7.94. The molecule has 21 heavy (non-hydrogen) atoms. The minimum atomic E-state index is 0.0478. The van der Waals surface area contributed by atoms with Gasteiger partial charge in [0.05, 0.1) is 28.6 Å². The Labute approximate surface area is 130 Å². The van der Waals surface area contributed by atoms with Crippen LogP contribution in [0.4, 0.5) is 5.69 Å². The predicted molar refractivity (Wildman–Crippen MR) is 86.0 cm³/mol. The van der Waals surface area contributed by atoms with Crippen molar-refractivity contribution in [3.8, 4) is 5.75 Å². The number of halogens is 1. The van der Waals surface area contributed by atoms with Crippen LogP contribution in [0, 0.1) is 6.92 Å². The third-order valence-electron chi connectivity index (χ3n) is 3.01. The van der Waals surface area contributed by atoms with Crippen LogP contribution in [0.1, 0.15) is 38.2 Å². The number of benzene rings is 1. The molecule has 0 radical (unpaired) electrons. The Morgan fingerprint density at radius 2 is 1.86 bits per heavy atom. The van der Waals surface area contributed by atoms with E-state index in [2.05, 4.69) is 15.3 Å². The lowest BCUT2D eigenvalue weighted by atomic mass is 10.1. The summed E-state index contributed by atoms with van der Waals surface area (Å²) in [5.74, 6) is 0.695. The zero-order valence-corrected chi connectivity index (χ0v) is 13.5. The summed E-state index contributed by atoms with van der Waals surface area (Å²) in [6.07, 6.45) is 3.50. The second-order valence-corrected chi connectivity index (χ2v) is 5.61. The summed E-state index contributed by atoms with van der Waals surface area (Å²) < 4.78 is 5.63. The van der Waals surface area contributed by atoms with E-state index in [1.807, 2.05) is 45.9 Å². The molecule has 1 atom stereocenters. The third kappa shape index (κ3) is 4.08. The Hall–Kier alpha value is -1.81. The van der Waals surface area contributed by atoms with E-state index in [-0.39, 0.29) is 12.1 Å². The van der Waals surface area contributed by atoms with Crippen LogP contribution in [-0.2, 0) is 0 Å². The average molecular weight is 306 g/mol. The lowest BCUT2D eigenvalue weighted by Crippen LogP contribution is -2.11. The molecule has 112 valence electrons. The Morgan fingerprint density at radius 1 is 1.14 bits per heavy atom. The monoisotopic (exact) mass is 305 g/mol. The molecule has 0 spiro atoms. The number of nitrogens with zero attached hydrogens (tertiary/aromatic N) is 2. The van der Waals surface area contributed by atoms with Gasteiger partial charge in [-0.3, -0.25) is 9.97 Å². The number of anilines is 1. The highest BCUT2D eigenvalue weighted by Crippen LogP contribution is 2.30. The van der Waals surface area contributed by atoms with Crippen molar-refractivity contribution in [2.24, 2.45) is 0 Å². The number of aromatic nitrogens is 2. The minimum absolute atomic E-state index is 0.0478. The fourth-order valence-corrected chi connectivity index (χ4v) is 2.33. The molecule has 1 heterocycles. The summed E-state index contributed by atoms with van der Waals surface area (Å²) >= 11 is 6.24. The molecule has 0 aliphatic rings. The smallest absolute Gasteiger partial charge is 0.138 e. The number of rotatable bonds is 5.